The molecular formula is C16H25ClN2O2. The fourth-order valence-electron chi connectivity index (χ4n) is 1.87. The van der Waals surface area contributed by atoms with Gasteiger partial charge in [0, 0.05) is 30.6 Å². The summed E-state index contributed by atoms with van der Waals surface area (Å²) in [5, 5.41) is 6.67. The van der Waals surface area contributed by atoms with Crippen molar-refractivity contribution in [1.82, 2.24) is 10.6 Å². The number of hydrogen-bond donors (Lipinski definition) is 2. The first-order valence-corrected chi connectivity index (χ1v) is 7.74. The Morgan fingerprint density at radius 1 is 1.38 bits per heavy atom. The monoisotopic (exact) mass is 312 g/mol. The average Bonchev–Trinajstić information content (AvgIpc) is 2.45. The zero-order chi connectivity index (χ0) is 15.7. The van der Waals surface area contributed by atoms with Crippen LogP contribution in [0, 0.1) is 5.92 Å². The number of carbonyl (C=O) groups is 1. The molecule has 0 saturated carbocycles. The molecule has 0 saturated heterocycles. The van der Waals surface area contributed by atoms with Gasteiger partial charge in [0.2, 0.25) is 5.91 Å². The molecule has 1 aromatic carbocycles. The van der Waals surface area contributed by atoms with Gasteiger partial charge in [-0.1, -0.05) is 31.5 Å². The molecule has 0 fully saturated rings. The predicted molar refractivity (Wildman–Crippen MR) is 86.8 cm³/mol. The first kappa shape index (κ1) is 17.8. The molecule has 118 valence electrons. The minimum atomic E-state index is 0.0310. The number of hydrogen-bond acceptors (Lipinski definition) is 3. The number of halogens is 1. The first-order chi connectivity index (χ1) is 10.0. The van der Waals surface area contributed by atoms with Gasteiger partial charge >= 0.3 is 0 Å². The van der Waals surface area contributed by atoms with E-state index >= 15 is 0 Å². The third kappa shape index (κ3) is 6.82. The maximum Gasteiger partial charge on any atom is 0.219 e. The van der Waals surface area contributed by atoms with Crippen molar-refractivity contribution in [1.29, 1.82) is 0 Å². The Morgan fingerprint density at radius 2 is 2.14 bits per heavy atom. The molecule has 0 unspecified atom stereocenters. The van der Waals surface area contributed by atoms with E-state index in [2.05, 4.69) is 24.5 Å². The van der Waals surface area contributed by atoms with Crippen LogP contribution in [-0.4, -0.2) is 26.1 Å². The Hall–Kier alpha value is -1.26. The van der Waals surface area contributed by atoms with E-state index < -0.39 is 0 Å². The summed E-state index contributed by atoms with van der Waals surface area (Å²) in [6.07, 6.45) is 1.16. The number of benzene rings is 1. The molecule has 0 aliphatic rings. The summed E-state index contributed by atoms with van der Waals surface area (Å²) in [7, 11) is 1.64. The second-order valence-corrected chi connectivity index (χ2v) is 5.77. The predicted octanol–water partition coefficient (Wildman–Crippen LogP) is 2.99. The molecule has 21 heavy (non-hydrogen) atoms. The van der Waals surface area contributed by atoms with Crippen molar-refractivity contribution < 1.29 is 9.53 Å². The van der Waals surface area contributed by atoms with E-state index in [0.717, 1.165) is 17.9 Å². The highest BCUT2D eigenvalue weighted by Crippen LogP contribution is 2.26. The fraction of sp³-hybridized carbons (Fsp3) is 0.562. The number of ether oxygens (including phenoxy) is 1. The molecule has 1 amide bonds. The van der Waals surface area contributed by atoms with Gasteiger partial charge in [-0.2, -0.15) is 0 Å². The number of carbonyl (C=O) groups excluding carboxylic acids is 1. The SMILES string of the molecule is CNC(=O)CCCOc1cccc(Cl)c1CNCC(C)C. The van der Waals surface area contributed by atoms with Gasteiger partial charge in [0.1, 0.15) is 5.75 Å². The molecule has 4 nitrogen and oxygen atoms in total. The molecule has 5 heteroatoms. The number of nitrogens with one attached hydrogen (secondary N) is 2. The molecule has 0 aliphatic carbocycles. The first-order valence-electron chi connectivity index (χ1n) is 7.36. The lowest BCUT2D eigenvalue weighted by molar-refractivity contribution is -0.120. The van der Waals surface area contributed by atoms with E-state index in [0.29, 0.717) is 36.9 Å². The third-order valence-corrected chi connectivity index (χ3v) is 3.37. The van der Waals surface area contributed by atoms with E-state index in [1.54, 1.807) is 7.05 Å². The van der Waals surface area contributed by atoms with Crippen LogP contribution >= 0.6 is 11.6 Å². The van der Waals surface area contributed by atoms with Crippen LogP contribution in [0.3, 0.4) is 0 Å². The smallest absolute Gasteiger partial charge is 0.219 e. The van der Waals surface area contributed by atoms with E-state index in [9.17, 15) is 4.79 Å². The van der Waals surface area contributed by atoms with E-state index in [1.807, 2.05) is 18.2 Å². The maximum atomic E-state index is 11.2. The van der Waals surface area contributed by atoms with Gasteiger partial charge in [0.25, 0.3) is 0 Å². The molecule has 0 spiro atoms. The largest absolute Gasteiger partial charge is 0.493 e. The summed E-state index contributed by atoms with van der Waals surface area (Å²) in [5.41, 5.74) is 0.972. The molecule has 1 aromatic rings. The Labute approximate surface area is 132 Å². The second-order valence-electron chi connectivity index (χ2n) is 5.37. The Morgan fingerprint density at radius 3 is 2.81 bits per heavy atom. The highest BCUT2D eigenvalue weighted by atomic mass is 35.5. The molecule has 0 bridgehead atoms. The van der Waals surface area contributed by atoms with Gasteiger partial charge in [0.05, 0.1) is 6.61 Å². The van der Waals surface area contributed by atoms with E-state index in [1.165, 1.54) is 0 Å². The van der Waals surface area contributed by atoms with E-state index in [-0.39, 0.29) is 5.91 Å². The molecule has 0 heterocycles. The summed E-state index contributed by atoms with van der Waals surface area (Å²) in [6.45, 7) is 6.44. The molecule has 0 aliphatic heterocycles. The second kappa shape index (κ2) is 9.64. The van der Waals surface area contributed by atoms with Crippen LogP contribution in [0.5, 0.6) is 5.75 Å². The fourth-order valence-corrected chi connectivity index (χ4v) is 2.10. The summed E-state index contributed by atoms with van der Waals surface area (Å²) in [6, 6.07) is 5.66. The van der Waals surface area contributed by atoms with Crippen LogP contribution in [-0.2, 0) is 11.3 Å². The highest BCUT2D eigenvalue weighted by molar-refractivity contribution is 6.31. The molecule has 0 aromatic heterocycles. The summed E-state index contributed by atoms with van der Waals surface area (Å²) >= 11 is 6.25. The van der Waals surface area contributed by atoms with Gasteiger partial charge in [-0.05, 0) is 31.0 Å². The van der Waals surface area contributed by atoms with Crippen molar-refractivity contribution in [2.24, 2.45) is 5.92 Å². The van der Waals surface area contributed by atoms with Crippen molar-refractivity contribution in [2.75, 3.05) is 20.2 Å². The van der Waals surface area contributed by atoms with Crippen LogP contribution in [0.25, 0.3) is 0 Å². The van der Waals surface area contributed by atoms with Crippen molar-refractivity contribution in [3.05, 3.63) is 28.8 Å². The molecule has 1 rings (SSSR count). The lowest BCUT2D eigenvalue weighted by Crippen LogP contribution is -2.20. The number of amides is 1. The van der Waals surface area contributed by atoms with Crippen LogP contribution in [0.4, 0.5) is 0 Å². The topological polar surface area (TPSA) is 50.4 Å². The molecule has 0 atom stereocenters. The standard InChI is InChI=1S/C16H25ClN2O2/c1-12(2)10-19-11-13-14(17)6-4-7-15(13)21-9-5-8-16(20)18-3/h4,6-7,12,19H,5,8-11H2,1-3H3,(H,18,20). The van der Waals surface area contributed by atoms with Gasteiger partial charge in [-0.25, -0.2) is 0 Å². The summed E-state index contributed by atoms with van der Waals surface area (Å²) in [4.78, 5) is 11.2. The van der Waals surface area contributed by atoms with Crippen LogP contribution in [0.2, 0.25) is 5.02 Å². The lowest BCUT2D eigenvalue weighted by atomic mass is 10.1. The summed E-state index contributed by atoms with van der Waals surface area (Å²) < 4.78 is 5.77. The molecular weight excluding hydrogens is 288 g/mol. The Bertz CT molecular complexity index is 450. The van der Waals surface area contributed by atoms with Crippen molar-refractivity contribution in [3.63, 3.8) is 0 Å². The minimum absolute atomic E-state index is 0.0310. The lowest BCUT2D eigenvalue weighted by Gasteiger charge is -2.14. The van der Waals surface area contributed by atoms with Gasteiger partial charge < -0.3 is 15.4 Å². The zero-order valence-electron chi connectivity index (χ0n) is 13.0. The summed E-state index contributed by atoms with van der Waals surface area (Å²) in [5.74, 6) is 1.41. The highest BCUT2D eigenvalue weighted by Gasteiger charge is 2.08. The van der Waals surface area contributed by atoms with Crippen molar-refractivity contribution >= 4 is 17.5 Å². The maximum absolute atomic E-state index is 11.2. The van der Waals surface area contributed by atoms with Crippen LogP contribution < -0.4 is 15.4 Å². The molecule has 0 radical (unpaired) electrons. The van der Waals surface area contributed by atoms with Gasteiger partial charge in [-0.3, -0.25) is 4.79 Å². The number of rotatable bonds is 9. The van der Waals surface area contributed by atoms with Crippen molar-refractivity contribution in [3.8, 4) is 5.75 Å². The average molecular weight is 313 g/mol. The Balaban J connectivity index is 2.52. The van der Waals surface area contributed by atoms with Crippen LogP contribution in [0.15, 0.2) is 18.2 Å². The third-order valence-electron chi connectivity index (χ3n) is 3.01. The Kier molecular flexibility index (Phi) is 8.16. The zero-order valence-corrected chi connectivity index (χ0v) is 13.8. The quantitative estimate of drug-likeness (QED) is 0.689. The van der Waals surface area contributed by atoms with Gasteiger partial charge in [-0.15, -0.1) is 0 Å². The minimum Gasteiger partial charge on any atom is -0.493 e. The van der Waals surface area contributed by atoms with Gasteiger partial charge in [0.15, 0.2) is 0 Å². The van der Waals surface area contributed by atoms with Crippen LogP contribution in [0.1, 0.15) is 32.3 Å². The normalized spacial score (nSPS) is 10.7. The van der Waals surface area contributed by atoms with Crippen molar-refractivity contribution in [2.45, 2.75) is 33.2 Å². The molecule has 2 N–H and O–H groups in total. The van der Waals surface area contributed by atoms with E-state index in [4.69, 9.17) is 16.3 Å².